The number of hydrogen-bond donors (Lipinski definition) is 1. The lowest BCUT2D eigenvalue weighted by atomic mass is 10.0. The van der Waals surface area contributed by atoms with Crippen LogP contribution in [0.25, 0.3) is 10.9 Å². The molecule has 0 saturated heterocycles. The van der Waals surface area contributed by atoms with Crippen LogP contribution in [0.1, 0.15) is 23.6 Å². The first-order valence-electron chi connectivity index (χ1n) is 6.40. The molecule has 0 aliphatic rings. The smallest absolute Gasteiger partial charge is 0.0512 e. The molecule has 1 aromatic carbocycles. The molecule has 17 heavy (non-hydrogen) atoms. The number of nitrogens with one attached hydrogen (secondary N) is 1. The number of likely N-dealkylation sites (N-methyl/N-ethyl adjacent to an activating group) is 1. The van der Waals surface area contributed by atoms with E-state index in [1.807, 2.05) is 0 Å². The number of fused-ring (bicyclic) bond motifs is 1. The second kappa shape index (κ2) is 4.92. The highest BCUT2D eigenvalue weighted by Gasteiger charge is 2.10. The molecule has 0 amide bonds. The van der Waals surface area contributed by atoms with Crippen LogP contribution in [0.4, 0.5) is 0 Å². The first kappa shape index (κ1) is 12.2. The lowest BCUT2D eigenvalue weighted by Crippen LogP contribution is -2.15. The summed E-state index contributed by atoms with van der Waals surface area (Å²) in [6, 6.07) is 4.44. The van der Waals surface area contributed by atoms with Crippen LogP contribution >= 0.6 is 0 Å². The minimum atomic E-state index is 1.04. The normalized spacial score (nSPS) is 11.3. The Morgan fingerprint density at radius 1 is 1.18 bits per heavy atom. The average Bonchev–Trinajstić information content (AvgIpc) is 2.63. The fourth-order valence-electron chi connectivity index (χ4n) is 2.61. The fourth-order valence-corrected chi connectivity index (χ4v) is 2.61. The molecule has 1 aromatic heterocycles. The Labute approximate surface area is 104 Å². The van der Waals surface area contributed by atoms with Gasteiger partial charge in [-0.05, 0) is 50.0 Å². The predicted octanol–water partition coefficient (Wildman–Crippen LogP) is 2.95. The maximum Gasteiger partial charge on any atom is 0.0512 e. The van der Waals surface area contributed by atoms with Gasteiger partial charge < -0.3 is 9.88 Å². The third kappa shape index (κ3) is 2.22. The van der Waals surface area contributed by atoms with Crippen LogP contribution in [0.15, 0.2) is 18.3 Å². The zero-order valence-corrected chi connectivity index (χ0v) is 11.3. The number of aryl methyl sites for hydroxylation is 3. The van der Waals surface area contributed by atoms with Crippen molar-refractivity contribution in [2.24, 2.45) is 7.05 Å². The molecule has 92 valence electrons. The molecule has 0 bridgehead atoms. The quantitative estimate of drug-likeness (QED) is 0.799. The molecule has 1 N–H and O–H groups in total. The van der Waals surface area contributed by atoms with Crippen molar-refractivity contribution >= 4 is 10.9 Å². The lowest BCUT2D eigenvalue weighted by molar-refractivity contribution is 0.717. The molecule has 0 radical (unpaired) electrons. The summed E-state index contributed by atoms with van der Waals surface area (Å²) in [5.41, 5.74) is 5.60. The lowest BCUT2D eigenvalue weighted by Gasteiger charge is -2.05. The highest BCUT2D eigenvalue weighted by atomic mass is 14.9. The Kier molecular flexibility index (Phi) is 3.53. The van der Waals surface area contributed by atoms with E-state index < -0.39 is 0 Å². The van der Waals surface area contributed by atoms with Gasteiger partial charge in [-0.2, -0.15) is 0 Å². The zero-order chi connectivity index (χ0) is 12.4. The highest BCUT2D eigenvalue weighted by Crippen LogP contribution is 2.27. The van der Waals surface area contributed by atoms with Gasteiger partial charge in [-0.15, -0.1) is 0 Å². The van der Waals surface area contributed by atoms with Crippen LogP contribution in [0.3, 0.4) is 0 Å². The third-order valence-electron chi connectivity index (χ3n) is 3.43. The van der Waals surface area contributed by atoms with Crippen molar-refractivity contribution in [2.75, 3.05) is 13.1 Å². The molecule has 0 aliphatic carbocycles. The molecule has 1 heterocycles. The van der Waals surface area contributed by atoms with E-state index in [9.17, 15) is 0 Å². The van der Waals surface area contributed by atoms with Crippen LogP contribution in [0.5, 0.6) is 0 Å². The van der Waals surface area contributed by atoms with Crippen molar-refractivity contribution in [3.8, 4) is 0 Å². The van der Waals surface area contributed by atoms with Gasteiger partial charge in [0.2, 0.25) is 0 Å². The maximum atomic E-state index is 3.40. The Balaban J connectivity index is 2.46. The van der Waals surface area contributed by atoms with E-state index in [1.54, 1.807) is 0 Å². The summed E-state index contributed by atoms with van der Waals surface area (Å²) >= 11 is 0. The van der Waals surface area contributed by atoms with E-state index in [0.29, 0.717) is 0 Å². The molecule has 0 fully saturated rings. The monoisotopic (exact) mass is 230 g/mol. The first-order chi connectivity index (χ1) is 8.15. The zero-order valence-electron chi connectivity index (χ0n) is 11.3. The van der Waals surface area contributed by atoms with Crippen LogP contribution in [0, 0.1) is 13.8 Å². The topological polar surface area (TPSA) is 17.0 Å². The fraction of sp³-hybridized carbons (Fsp3) is 0.467. The van der Waals surface area contributed by atoms with Crippen molar-refractivity contribution in [3.05, 3.63) is 35.0 Å². The van der Waals surface area contributed by atoms with E-state index in [2.05, 4.69) is 56.0 Å². The van der Waals surface area contributed by atoms with Crippen LogP contribution < -0.4 is 5.32 Å². The summed E-state index contributed by atoms with van der Waals surface area (Å²) in [5.74, 6) is 0. The second-order valence-corrected chi connectivity index (χ2v) is 4.79. The predicted molar refractivity (Wildman–Crippen MR) is 74.6 cm³/mol. The van der Waals surface area contributed by atoms with Crippen molar-refractivity contribution in [2.45, 2.75) is 27.2 Å². The molecule has 0 saturated carbocycles. The molecule has 2 nitrogen and oxygen atoms in total. The van der Waals surface area contributed by atoms with Crippen molar-refractivity contribution in [3.63, 3.8) is 0 Å². The minimum absolute atomic E-state index is 1.04. The Hall–Kier alpha value is -1.28. The summed E-state index contributed by atoms with van der Waals surface area (Å²) < 4.78 is 2.26. The maximum absolute atomic E-state index is 3.40. The summed E-state index contributed by atoms with van der Waals surface area (Å²) in [7, 11) is 2.14. The SMILES string of the molecule is CCNCCc1cn(C)c2c(C)ccc(C)c12. The summed E-state index contributed by atoms with van der Waals surface area (Å²) in [5, 5.41) is 4.84. The van der Waals surface area contributed by atoms with E-state index >= 15 is 0 Å². The van der Waals surface area contributed by atoms with E-state index in [1.165, 1.54) is 27.6 Å². The second-order valence-electron chi connectivity index (χ2n) is 4.79. The van der Waals surface area contributed by atoms with E-state index in [4.69, 9.17) is 0 Å². The van der Waals surface area contributed by atoms with Gasteiger partial charge in [-0.3, -0.25) is 0 Å². The molecule has 2 rings (SSSR count). The van der Waals surface area contributed by atoms with E-state index in [0.717, 1.165) is 19.5 Å². The highest BCUT2D eigenvalue weighted by molar-refractivity contribution is 5.89. The molecule has 0 spiro atoms. The largest absolute Gasteiger partial charge is 0.350 e. The van der Waals surface area contributed by atoms with Crippen molar-refractivity contribution in [1.29, 1.82) is 0 Å². The molecule has 2 aromatic rings. The van der Waals surface area contributed by atoms with Crippen molar-refractivity contribution in [1.82, 2.24) is 9.88 Å². The van der Waals surface area contributed by atoms with Gasteiger partial charge in [0.15, 0.2) is 0 Å². The molecular weight excluding hydrogens is 208 g/mol. The summed E-state index contributed by atoms with van der Waals surface area (Å²) in [6.45, 7) is 8.65. The van der Waals surface area contributed by atoms with Gasteiger partial charge in [0.05, 0.1) is 5.52 Å². The van der Waals surface area contributed by atoms with Gasteiger partial charge in [0.25, 0.3) is 0 Å². The molecule has 2 heteroatoms. The number of aromatic nitrogens is 1. The molecule has 0 aliphatic heterocycles. The number of hydrogen-bond acceptors (Lipinski definition) is 1. The van der Waals surface area contributed by atoms with Crippen LogP contribution in [-0.2, 0) is 13.5 Å². The third-order valence-corrected chi connectivity index (χ3v) is 3.43. The Morgan fingerprint density at radius 3 is 2.59 bits per heavy atom. The van der Waals surface area contributed by atoms with E-state index in [-0.39, 0.29) is 0 Å². The van der Waals surface area contributed by atoms with Gasteiger partial charge in [0.1, 0.15) is 0 Å². The first-order valence-corrected chi connectivity index (χ1v) is 6.40. The van der Waals surface area contributed by atoms with Crippen LogP contribution in [0.2, 0.25) is 0 Å². The molecule has 0 unspecified atom stereocenters. The summed E-state index contributed by atoms with van der Waals surface area (Å²) in [6.07, 6.45) is 3.39. The Morgan fingerprint density at radius 2 is 1.88 bits per heavy atom. The van der Waals surface area contributed by atoms with Gasteiger partial charge in [-0.25, -0.2) is 0 Å². The summed E-state index contributed by atoms with van der Waals surface area (Å²) in [4.78, 5) is 0. The standard InChI is InChI=1S/C15H22N2/c1-5-16-9-8-13-10-17(4)15-12(3)7-6-11(2)14(13)15/h6-7,10,16H,5,8-9H2,1-4H3. The minimum Gasteiger partial charge on any atom is -0.350 e. The number of benzene rings is 1. The van der Waals surface area contributed by atoms with Gasteiger partial charge in [0, 0.05) is 18.6 Å². The molecular formula is C15H22N2. The average molecular weight is 230 g/mol. The molecule has 0 atom stereocenters. The van der Waals surface area contributed by atoms with Gasteiger partial charge in [-0.1, -0.05) is 19.1 Å². The Bertz CT molecular complexity index is 523. The number of rotatable bonds is 4. The van der Waals surface area contributed by atoms with Crippen molar-refractivity contribution < 1.29 is 0 Å². The number of nitrogens with zero attached hydrogens (tertiary/aromatic N) is 1. The van der Waals surface area contributed by atoms with Gasteiger partial charge >= 0.3 is 0 Å². The van der Waals surface area contributed by atoms with Crippen LogP contribution in [-0.4, -0.2) is 17.7 Å².